The number of halogens is 1. The zero-order chi connectivity index (χ0) is 24.6. The van der Waals surface area contributed by atoms with Gasteiger partial charge in [-0.1, -0.05) is 25.4 Å². The standard InChI is InChI=1S/C26H25ClN4O3S/c1-12-8-17(27)30-21(18(12)22(32)13-4-6-28-10-13)15-5-7-29-16-9-14(35-23(15)16)11-31-24(33)19-20(25(31)34)26(19,2)3/h5,7-9,13,19-20,28H,4,6,10-11H2,1-3H3. The number of hydrogen-bond acceptors (Lipinski definition) is 7. The third-order valence-corrected chi connectivity index (χ3v) is 9.12. The highest BCUT2D eigenvalue weighted by Gasteiger charge is 2.72. The Morgan fingerprint density at radius 2 is 2.00 bits per heavy atom. The molecule has 1 saturated carbocycles. The Morgan fingerprint density at radius 1 is 1.26 bits per heavy atom. The molecule has 0 aromatic carbocycles. The van der Waals surface area contributed by atoms with Crippen molar-refractivity contribution in [2.45, 2.75) is 33.7 Å². The van der Waals surface area contributed by atoms with Gasteiger partial charge >= 0.3 is 0 Å². The number of hydrogen-bond donors (Lipinski definition) is 1. The number of rotatable bonds is 5. The van der Waals surface area contributed by atoms with E-state index in [-0.39, 0.29) is 47.3 Å². The molecule has 7 nitrogen and oxygen atoms in total. The van der Waals surface area contributed by atoms with E-state index in [9.17, 15) is 14.4 Å². The Labute approximate surface area is 211 Å². The number of nitrogens with zero attached hydrogens (tertiary/aromatic N) is 3. The van der Waals surface area contributed by atoms with E-state index in [4.69, 9.17) is 11.6 Å². The van der Waals surface area contributed by atoms with Crippen molar-refractivity contribution in [3.05, 3.63) is 45.6 Å². The molecule has 35 heavy (non-hydrogen) atoms. The first-order chi connectivity index (χ1) is 16.7. The zero-order valence-corrected chi connectivity index (χ0v) is 21.3. The maximum absolute atomic E-state index is 13.5. The van der Waals surface area contributed by atoms with Gasteiger partial charge in [0.2, 0.25) is 11.8 Å². The van der Waals surface area contributed by atoms with Gasteiger partial charge in [-0.2, -0.15) is 0 Å². The average molecular weight is 509 g/mol. The maximum atomic E-state index is 13.5. The van der Waals surface area contributed by atoms with Gasteiger partial charge in [-0.25, -0.2) is 4.98 Å². The Morgan fingerprint density at radius 3 is 2.69 bits per heavy atom. The van der Waals surface area contributed by atoms with Crippen molar-refractivity contribution in [2.75, 3.05) is 13.1 Å². The zero-order valence-electron chi connectivity index (χ0n) is 19.7. The van der Waals surface area contributed by atoms with Crippen LogP contribution in [-0.4, -0.2) is 45.6 Å². The summed E-state index contributed by atoms with van der Waals surface area (Å²) < 4.78 is 0.861. The molecule has 3 atom stereocenters. The molecule has 180 valence electrons. The molecule has 5 heterocycles. The molecule has 6 rings (SSSR count). The Bertz CT molecular complexity index is 1400. The Kier molecular flexibility index (Phi) is 5.15. The van der Waals surface area contributed by atoms with E-state index in [2.05, 4.69) is 15.3 Å². The van der Waals surface area contributed by atoms with Crippen LogP contribution in [0.15, 0.2) is 24.4 Å². The minimum absolute atomic E-state index is 0.0727. The number of pyridine rings is 2. The van der Waals surface area contributed by atoms with Gasteiger partial charge in [-0.15, -0.1) is 11.3 Å². The van der Waals surface area contributed by atoms with Crippen molar-refractivity contribution in [1.82, 2.24) is 20.2 Å². The molecule has 0 bridgehead atoms. The number of fused-ring (bicyclic) bond motifs is 2. The monoisotopic (exact) mass is 508 g/mol. The lowest BCUT2D eigenvalue weighted by molar-refractivity contribution is -0.143. The van der Waals surface area contributed by atoms with Crippen molar-refractivity contribution >= 4 is 50.8 Å². The number of ketones is 1. The number of nitrogens with one attached hydrogen (secondary N) is 1. The van der Waals surface area contributed by atoms with Crippen LogP contribution in [0.5, 0.6) is 0 Å². The predicted octanol–water partition coefficient (Wildman–Crippen LogP) is 4.25. The Hall–Kier alpha value is -2.68. The van der Waals surface area contributed by atoms with Gasteiger partial charge in [0, 0.05) is 34.7 Å². The smallest absolute Gasteiger partial charge is 0.234 e. The first kappa shape index (κ1) is 22.8. The normalized spacial score (nSPS) is 24.9. The van der Waals surface area contributed by atoms with Crippen LogP contribution in [0.4, 0.5) is 0 Å². The summed E-state index contributed by atoms with van der Waals surface area (Å²) in [7, 11) is 0. The van der Waals surface area contributed by atoms with Gasteiger partial charge in [0.1, 0.15) is 5.15 Å². The fraction of sp³-hybridized carbons (Fsp3) is 0.423. The molecule has 2 aliphatic heterocycles. The van der Waals surface area contributed by atoms with Crippen molar-refractivity contribution in [2.24, 2.45) is 23.2 Å². The number of carbonyl (C=O) groups excluding carboxylic acids is 3. The van der Waals surface area contributed by atoms with Crippen molar-refractivity contribution in [3.8, 4) is 11.3 Å². The van der Waals surface area contributed by atoms with Crippen LogP contribution < -0.4 is 5.32 Å². The highest BCUT2D eigenvalue weighted by atomic mass is 35.5. The van der Waals surface area contributed by atoms with E-state index in [1.165, 1.54) is 16.2 Å². The van der Waals surface area contributed by atoms with Gasteiger partial charge in [0.25, 0.3) is 0 Å². The number of aromatic nitrogens is 2. The minimum atomic E-state index is -0.229. The number of thiophene rings is 1. The molecule has 2 amide bonds. The van der Waals surface area contributed by atoms with Crippen LogP contribution in [0.2, 0.25) is 5.15 Å². The van der Waals surface area contributed by atoms with Crippen LogP contribution in [-0.2, 0) is 16.1 Å². The molecular formula is C26H25ClN4O3S. The summed E-state index contributed by atoms with van der Waals surface area (Å²) in [6.07, 6.45) is 2.49. The van der Waals surface area contributed by atoms with Crippen molar-refractivity contribution in [3.63, 3.8) is 0 Å². The van der Waals surface area contributed by atoms with Gasteiger partial charge in [0.15, 0.2) is 5.78 Å². The number of likely N-dealkylation sites (tertiary alicyclic amines) is 1. The second kappa shape index (κ2) is 7.91. The molecule has 3 aromatic heterocycles. The first-order valence-corrected chi connectivity index (χ1v) is 13.0. The second-order valence-electron chi connectivity index (χ2n) is 10.4. The molecule has 2 saturated heterocycles. The van der Waals surface area contributed by atoms with Crippen LogP contribution in [0.3, 0.4) is 0 Å². The average Bonchev–Trinajstić information content (AvgIpc) is 3.28. The van der Waals surface area contributed by atoms with E-state index in [1.807, 2.05) is 32.9 Å². The van der Waals surface area contributed by atoms with Gasteiger partial charge in [0.05, 0.1) is 34.3 Å². The first-order valence-electron chi connectivity index (χ1n) is 11.8. The highest BCUT2D eigenvalue weighted by Crippen LogP contribution is 2.63. The lowest BCUT2D eigenvalue weighted by Gasteiger charge is -2.19. The molecule has 3 unspecified atom stereocenters. The van der Waals surface area contributed by atoms with E-state index in [1.54, 1.807) is 12.3 Å². The number of aryl methyl sites for hydroxylation is 1. The lowest BCUT2D eigenvalue weighted by Crippen LogP contribution is -2.35. The van der Waals surface area contributed by atoms with Crippen molar-refractivity contribution in [1.29, 1.82) is 0 Å². The summed E-state index contributed by atoms with van der Waals surface area (Å²) in [5, 5.41) is 3.59. The molecule has 3 fully saturated rings. The minimum Gasteiger partial charge on any atom is -0.316 e. The molecule has 3 aromatic rings. The van der Waals surface area contributed by atoms with E-state index >= 15 is 0 Å². The van der Waals surface area contributed by atoms with Crippen LogP contribution in [0.25, 0.3) is 21.5 Å². The van der Waals surface area contributed by atoms with Crippen molar-refractivity contribution < 1.29 is 14.4 Å². The molecule has 9 heteroatoms. The molecule has 1 aliphatic carbocycles. The van der Waals surface area contributed by atoms with E-state index in [0.717, 1.165) is 39.2 Å². The number of amides is 2. The van der Waals surface area contributed by atoms with Gasteiger partial charge in [-0.3, -0.25) is 24.3 Å². The SMILES string of the molecule is Cc1cc(Cl)nc(-c2ccnc3cc(CN4C(=O)C5C(C4=O)C5(C)C)sc23)c1C(=O)C1CCNC1. The fourth-order valence-electron chi connectivity index (χ4n) is 5.79. The fourth-order valence-corrected chi connectivity index (χ4v) is 7.15. The number of Topliss-reactive ketones (excluding diaryl/α,β-unsaturated/α-hetero) is 1. The topological polar surface area (TPSA) is 92.3 Å². The van der Waals surface area contributed by atoms with Crippen LogP contribution >= 0.6 is 22.9 Å². The Balaban J connectivity index is 1.39. The number of imide groups is 1. The second-order valence-corrected chi connectivity index (χ2v) is 11.9. The molecule has 0 radical (unpaired) electrons. The lowest BCUT2D eigenvalue weighted by atomic mass is 9.91. The third kappa shape index (κ3) is 3.45. The third-order valence-electron chi connectivity index (χ3n) is 7.79. The maximum Gasteiger partial charge on any atom is 0.234 e. The predicted molar refractivity (Wildman–Crippen MR) is 134 cm³/mol. The highest BCUT2D eigenvalue weighted by molar-refractivity contribution is 7.19. The van der Waals surface area contributed by atoms with Gasteiger partial charge < -0.3 is 5.32 Å². The van der Waals surface area contributed by atoms with E-state index < -0.39 is 0 Å². The molecule has 3 aliphatic rings. The number of piperidine rings is 1. The van der Waals surface area contributed by atoms with Crippen LogP contribution in [0.1, 0.15) is 41.1 Å². The number of carbonyl (C=O) groups is 3. The largest absolute Gasteiger partial charge is 0.316 e. The summed E-state index contributed by atoms with van der Waals surface area (Å²) >= 11 is 7.83. The van der Waals surface area contributed by atoms with Crippen LogP contribution in [0, 0.1) is 30.1 Å². The molecule has 0 spiro atoms. The van der Waals surface area contributed by atoms with E-state index in [0.29, 0.717) is 23.0 Å². The quantitative estimate of drug-likeness (QED) is 0.314. The summed E-state index contributed by atoms with van der Waals surface area (Å²) in [6.45, 7) is 7.57. The summed E-state index contributed by atoms with van der Waals surface area (Å²) in [6, 6.07) is 5.50. The summed E-state index contributed by atoms with van der Waals surface area (Å²) in [5.41, 5.74) is 3.25. The summed E-state index contributed by atoms with van der Waals surface area (Å²) in [4.78, 5) is 50.5. The van der Waals surface area contributed by atoms with Gasteiger partial charge in [-0.05, 0) is 49.1 Å². The molecular weight excluding hydrogens is 484 g/mol. The molecule has 1 N–H and O–H groups in total. The summed E-state index contributed by atoms with van der Waals surface area (Å²) in [5.74, 6) is -0.578.